The van der Waals surface area contributed by atoms with Crippen molar-refractivity contribution in [3.63, 3.8) is 0 Å². The van der Waals surface area contributed by atoms with Crippen LogP contribution in [-0.4, -0.2) is 16.7 Å². The number of rotatable bonds is 5. The highest BCUT2D eigenvalue weighted by Gasteiger charge is 2.14. The van der Waals surface area contributed by atoms with Crippen LogP contribution in [0.15, 0.2) is 21.3 Å². The molecule has 86 valence electrons. The van der Waals surface area contributed by atoms with Crippen molar-refractivity contribution < 1.29 is 4.52 Å². The number of hydrogen-bond acceptors (Lipinski definition) is 5. The van der Waals surface area contributed by atoms with Crippen LogP contribution >= 0.6 is 11.3 Å². The number of aromatic nitrogens is 2. The summed E-state index contributed by atoms with van der Waals surface area (Å²) < 4.78 is 5.23. The van der Waals surface area contributed by atoms with E-state index in [0.29, 0.717) is 11.7 Å². The predicted octanol–water partition coefficient (Wildman–Crippen LogP) is 2.86. The molecule has 0 saturated heterocycles. The third-order valence-electron chi connectivity index (χ3n) is 2.29. The molecule has 2 aromatic heterocycles. The molecular weight excluding hydrogens is 222 g/mol. The lowest BCUT2D eigenvalue weighted by Gasteiger charge is -2.06. The second kappa shape index (κ2) is 5.23. The van der Waals surface area contributed by atoms with Crippen LogP contribution in [0.4, 0.5) is 0 Å². The van der Waals surface area contributed by atoms with Gasteiger partial charge in [0.25, 0.3) is 0 Å². The second-order valence-electron chi connectivity index (χ2n) is 3.64. The topological polar surface area (TPSA) is 51.0 Å². The van der Waals surface area contributed by atoms with Gasteiger partial charge in [-0.25, -0.2) is 0 Å². The molecule has 1 unspecified atom stereocenters. The van der Waals surface area contributed by atoms with Gasteiger partial charge in [0, 0.05) is 10.9 Å². The molecule has 4 nitrogen and oxygen atoms in total. The molecule has 2 rings (SSSR count). The zero-order valence-electron chi connectivity index (χ0n) is 9.43. The van der Waals surface area contributed by atoms with Gasteiger partial charge in [0.15, 0.2) is 0 Å². The molecule has 16 heavy (non-hydrogen) atoms. The Balaban J connectivity index is 2.07. The highest BCUT2D eigenvalue weighted by atomic mass is 32.1. The largest absolute Gasteiger partial charge is 0.337 e. The van der Waals surface area contributed by atoms with Gasteiger partial charge in [-0.1, -0.05) is 12.1 Å². The molecule has 0 saturated carbocycles. The fraction of sp³-hybridized carbons (Fsp3) is 0.455. The lowest BCUT2D eigenvalue weighted by molar-refractivity contribution is 0.340. The van der Waals surface area contributed by atoms with E-state index in [1.54, 1.807) is 11.3 Å². The summed E-state index contributed by atoms with van der Waals surface area (Å²) in [6.45, 7) is 5.11. The molecule has 0 amide bonds. The van der Waals surface area contributed by atoms with E-state index >= 15 is 0 Å². The third-order valence-corrected chi connectivity index (χ3v) is 2.98. The Bertz CT molecular complexity index is 424. The van der Waals surface area contributed by atoms with Crippen molar-refractivity contribution >= 4 is 11.3 Å². The first-order valence-electron chi connectivity index (χ1n) is 5.40. The second-order valence-corrected chi connectivity index (χ2v) is 4.42. The van der Waals surface area contributed by atoms with Crippen molar-refractivity contribution in [1.82, 2.24) is 15.5 Å². The molecule has 0 fully saturated rings. The quantitative estimate of drug-likeness (QED) is 0.868. The molecule has 0 spiro atoms. The smallest absolute Gasteiger partial charge is 0.243 e. The highest BCUT2D eigenvalue weighted by Crippen LogP contribution is 2.20. The third kappa shape index (κ3) is 2.48. The molecule has 0 aliphatic rings. The summed E-state index contributed by atoms with van der Waals surface area (Å²) in [6, 6.07) is 2.10. The minimum Gasteiger partial charge on any atom is -0.337 e. The van der Waals surface area contributed by atoms with E-state index in [9.17, 15) is 0 Å². The maximum Gasteiger partial charge on any atom is 0.243 e. The lowest BCUT2D eigenvalue weighted by atomic mass is 10.3. The number of hydrogen-bond donors (Lipinski definition) is 1. The zero-order chi connectivity index (χ0) is 11.4. The summed E-state index contributed by atoms with van der Waals surface area (Å²) in [4.78, 5) is 4.37. The van der Waals surface area contributed by atoms with E-state index in [4.69, 9.17) is 4.52 Å². The number of nitrogens with zero attached hydrogens (tertiary/aromatic N) is 2. The van der Waals surface area contributed by atoms with Crippen LogP contribution in [0.1, 0.15) is 32.2 Å². The average Bonchev–Trinajstić information content (AvgIpc) is 2.94. The normalized spacial score (nSPS) is 12.9. The van der Waals surface area contributed by atoms with Crippen LogP contribution in [0.2, 0.25) is 0 Å². The van der Waals surface area contributed by atoms with Gasteiger partial charge in [-0.3, -0.25) is 0 Å². The molecule has 0 aliphatic carbocycles. The first kappa shape index (κ1) is 11.3. The van der Waals surface area contributed by atoms with Crippen molar-refractivity contribution in [3.8, 4) is 11.4 Å². The first-order valence-corrected chi connectivity index (χ1v) is 6.35. The Morgan fingerprint density at radius 1 is 1.56 bits per heavy atom. The van der Waals surface area contributed by atoms with Crippen LogP contribution in [0.3, 0.4) is 0 Å². The predicted molar refractivity (Wildman–Crippen MR) is 64.3 cm³/mol. The summed E-state index contributed by atoms with van der Waals surface area (Å²) in [6.07, 6.45) is 1.09. The van der Waals surface area contributed by atoms with Gasteiger partial charge in [-0.15, -0.1) is 0 Å². The van der Waals surface area contributed by atoms with Gasteiger partial charge in [-0.2, -0.15) is 16.3 Å². The van der Waals surface area contributed by atoms with Crippen LogP contribution in [0.5, 0.6) is 0 Å². The van der Waals surface area contributed by atoms with E-state index in [1.165, 1.54) is 0 Å². The summed E-state index contributed by atoms with van der Waals surface area (Å²) in [7, 11) is 0. The van der Waals surface area contributed by atoms with E-state index < -0.39 is 0 Å². The summed E-state index contributed by atoms with van der Waals surface area (Å²) in [5, 5.41) is 11.3. The van der Waals surface area contributed by atoms with Crippen molar-refractivity contribution in [2.75, 3.05) is 6.54 Å². The molecule has 2 aromatic rings. The standard InChI is InChI=1S/C11H15N3OS/c1-3-5-12-8(2)11-13-10(14-15-11)9-4-6-16-7-9/h4,6-8,12H,3,5H2,1-2H3. The first-order chi connectivity index (χ1) is 7.81. The molecule has 0 radical (unpaired) electrons. The fourth-order valence-electron chi connectivity index (χ4n) is 1.37. The van der Waals surface area contributed by atoms with E-state index in [1.807, 2.05) is 23.8 Å². The maximum absolute atomic E-state index is 5.23. The molecule has 0 bridgehead atoms. The lowest BCUT2D eigenvalue weighted by Crippen LogP contribution is -2.19. The minimum atomic E-state index is 0.111. The van der Waals surface area contributed by atoms with Gasteiger partial charge in [0.05, 0.1) is 6.04 Å². The van der Waals surface area contributed by atoms with Crippen molar-refractivity contribution in [2.45, 2.75) is 26.3 Å². The Hall–Kier alpha value is -1.20. The van der Waals surface area contributed by atoms with Gasteiger partial charge in [0.1, 0.15) is 0 Å². The molecule has 5 heteroatoms. The Morgan fingerprint density at radius 3 is 3.12 bits per heavy atom. The van der Waals surface area contributed by atoms with Gasteiger partial charge in [-0.05, 0) is 31.3 Å². The van der Waals surface area contributed by atoms with Crippen molar-refractivity contribution in [3.05, 3.63) is 22.7 Å². The van der Waals surface area contributed by atoms with Crippen LogP contribution in [0.25, 0.3) is 11.4 Å². The molecule has 0 aromatic carbocycles. The zero-order valence-corrected chi connectivity index (χ0v) is 10.3. The minimum absolute atomic E-state index is 0.111. The van der Waals surface area contributed by atoms with Gasteiger partial charge >= 0.3 is 0 Å². The van der Waals surface area contributed by atoms with Crippen molar-refractivity contribution in [2.24, 2.45) is 0 Å². The highest BCUT2D eigenvalue weighted by molar-refractivity contribution is 7.08. The molecule has 0 aliphatic heterocycles. The van der Waals surface area contributed by atoms with Gasteiger partial charge < -0.3 is 9.84 Å². The summed E-state index contributed by atoms with van der Waals surface area (Å²) >= 11 is 1.63. The number of nitrogens with one attached hydrogen (secondary N) is 1. The van der Waals surface area contributed by atoms with Crippen LogP contribution in [-0.2, 0) is 0 Å². The van der Waals surface area contributed by atoms with E-state index in [-0.39, 0.29) is 6.04 Å². The molecule has 2 heterocycles. The summed E-state index contributed by atoms with van der Waals surface area (Å²) in [5.74, 6) is 1.32. The SMILES string of the molecule is CCCNC(C)c1nc(-c2ccsc2)no1. The fourth-order valence-corrected chi connectivity index (χ4v) is 2.00. The molecular formula is C11H15N3OS. The Morgan fingerprint density at radius 2 is 2.44 bits per heavy atom. The van der Waals surface area contributed by atoms with Crippen LogP contribution < -0.4 is 5.32 Å². The van der Waals surface area contributed by atoms with Crippen molar-refractivity contribution in [1.29, 1.82) is 0 Å². The van der Waals surface area contributed by atoms with E-state index in [0.717, 1.165) is 18.5 Å². The van der Waals surface area contributed by atoms with E-state index in [2.05, 4.69) is 22.4 Å². The molecule has 1 atom stereocenters. The summed E-state index contributed by atoms with van der Waals surface area (Å²) in [5.41, 5.74) is 1.02. The number of thiophene rings is 1. The monoisotopic (exact) mass is 237 g/mol. The Kier molecular flexibility index (Phi) is 3.69. The molecule has 1 N–H and O–H groups in total. The maximum atomic E-state index is 5.23. The average molecular weight is 237 g/mol. The van der Waals surface area contributed by atoms with Gasteiger partial charge in [0.2, 0.25) is 11.7 Å². The van der Waals surface area contributed by atoms with Crippen LogP contribution in [0, 0.1) is 0 Å². The Labute approximate surface area is 98.7 Å².